The van der Waals surface area contributed by atoms with Crippen LogP contribution >= 0.6 is 0 Å². The van der Waals surface area contributed by atoms with Crippen LogP contribution in [0.5, 0.6) is 11.5 Å². The third-order valence-electron chi connectivity index (χ3n) is 5.48. The molecular weight excluding hydrogens is 340 g/mol. The molecule has 0 spiro atoms. The number of nitrogens with one attached hydrogen (secondary N) is 1. The molecule has 1 fully saturated rings. The smallest absolute Gasteiger partial charge is 0.161 e. The molecule has 5 heteroatoms. The number of hydrogen-bond acceptors (Lipinski definition) is 5. The summed E-state index contributed by atoms with van der Waals surface area (Å²) in [6.07, 6.45) is 1.04. The number of rotatable bonds is 6. The lowest BCUT2D eigenvalue weighted by Gasteiger charge is -2.38. The lowest BCUT2D eigenvalue weighted by atomic mass is 9.92. The number of aliphatic hydroxyl groups is 1. The maximum absolute atomic E-state index is 9.90. The summed E-state index contributed by atoms with van der Waals surface area (Å²) in [5, 5.41) is 13.5. The van der Waals surface area contributed by atoms with Crippen LogP contribution in [0.1, 0.15) is 17.5 Å². The maximum atomic E-state index is 9.90. The molecule has 0 aromatic heterocycles. The summed E-state index contributed by atoms with van der Waals surface area (Å²) in [5.74, 6) is 1.91. The Morgan fingerprint density at radius 2 is 1.81 bits per heavy atom. The molecule has 0 radical (unpaired) electrons. The van der Waals surface area contributed by atoms with Gasteiger partial charge in [-0.15, -0.1) is 0 Å². The number of likely N-dealkylation sites (tertiary alicyclic amines) is 1. The van der Waals surface area contributed by atoms with Crippen molar-refractivity contribution in [2.24, 2.45) is 5.92 Å². The van der Waals surface area contributed by atoms with Crippen molar-refractivity contribution in [3.63, 3.8) is 0 Å². The Morgan fingerprint density at radius 1 is 1.00 bits per heavy atom. The van der Waals surface area contributed by atoms with Crippen molar-refractivity contribution >= 4 is 0 Å². The quantitative estimate of drug-likeness (QED) is 0.820. The van der Waals surface area contributed by atoms with E-state index < -0.39 is 0 Å². The van der Waals surface area contributed by atoms with Crippen molar-refractivity contribution in [1.29, 1.82) is 0 Å². The predicted molar refractivity (Wildman–Crippen MR) is 105 cm³/mol. The van der Waals surface area contributed by atoms with E-state index in [1.165, 1.54) is 11.1 Å². The first-order valence-electron chi connectivity index (χ1n) is 9.81. The van der Waals surface area contributed by atoms with Crippen molar-refractivity contribution in [2.45, 2.75) is 25.6 Å². The molecule has 2 aliphatic heterocycles. The lowest BCUT2D eigenvalue weighted by Crippen LogP contribution is -2.50. The zero-order chi connectivity index (χ0) is 18.5. The fraction of sp³-hybridized carbons (Fsp3) is 0.455. The van der Waals surface area contributed by atoms with Gasteiger partial charge >= 0.3 is 0 Å². The molecule has 4 rings (SSSR count). The van der Waals surface area contributed by atoms with Crippen LogP contribution in [-0.4, -0.2) is 49.0 Å². The van der Waals surface area contributed by atoms with Gasteiger partial charge in [0.1, 0.15) is 13.2 Å². The number of fused-ring (bicyclic) bond motifs is 1. The molecule has 27 heavy (non-hydrogen) atoms. The average molecular weight is 368 g/mol. The third kappa shape index (κ3) is 4.61. The SMILES string of the molecule is OC[C@@H]1CN(Cc2ccccc2)CC[C@@H]1NCc1ccc2c(c1)OCCO2. The highest BCUT2D eigenvalue weighted by Crippen LogP contribution is 2.31. The average Bonchev–Trinajstić information content (AvgIpc) is 2.73. The van der Waals surface area contributed by atoms with Crippen LogP contribution < -0.4 is 14.8 Å². The number of ether oxygens (including phenoxy) is 2. The minimum Gasteiger partial charge on any atom is -0.486 e. The Kier molecular flexibility index (Phi) is 5.92. The first kappa shape index (κ1) is 18.3. The van der Waals surface area contributed by atoms with E-state index in [0.29, 0.717) is 19.3 Å². The van der Waals surface area contributed by atoms with Crippen molar-refractivity contribution in [1.82, 2.24) is 10.2 Å². The van der Waals surface area contributed by atoms with E-state index in [-0.39, 0.29) is 12.5 Å². The van der Waals surface area contributed by atoms with Gasteiger partial charge in [-0.05, 0) is 36.2 Å². The number of aliphatic hydroxyl groups excluding tert-OH is 1. The number of hydrogen-bond donors (Lipinski definition) is 2. The van der Waals surface area contributed by atoms with Crippen LogP contribution in [0.15, 0.2) is 48.5 Å². The Labute approximate surface area is 160 Å². The van der Waals surface area contributed by atoms with Gasteiger partial charge in [0.05, 0.1) is 0 Å². The molecule has 5 nitrogen and oxygen atoms in total. The van der Waals surface area contributed by atoms with E-state index in [4.69, 9.17) is 9.47 Å². The molecule has 0 amide bonds. The molecule has 2 aromatic carbocycles. The summed E-state index contributed by atoms with van der Waals surface area (Å²) in [7, 11) is 0. The standard InChI is InChI=1S/C22H28N2O3/c25-16-19-15-24(14-17-4-2-1-3-5-17)9-8-20(19)23-13-18-6-7-21-22(12-18)27-11-10-26-21/h1-7,12,19-20,23,25H,8-11,13-16H2/t19-,20-/m0/s1. The van der Waals surface area contributed by atoms with E-state index in [0.717, 1.165) is 44.1 Å². The zero-order valence-corrected chi connectivity index (χ0v) is 15.6. The van der Waals surface area contributed by atoms with Gasteiger partial charge in [0, 0.05) is 38.2 Å². The Balaban J connectivity index is 1.31. The molecule has 144 valence electrons. The Hall–Kier alpha value is -2.08. The van der Waals surface area contributed by atoms with E-state index in [9.17, 15) is 5.11 Å². The number of nitrogens with zero attached hydrogens (tertiary/aromatic N) is 1. The summed E-state index contributed by atoms with van der Waals surface area (Å²) in [6, 6.07) is 17.0. The molecule has 1 saturated heterocycles. The van der Waals surface area contributed by atoms with Gasteiger partial charge in [-0.1, -0.05) is 36.4 Å². The fourth-order valence-corrected chi connectivity index (χ4v) is 3.99. The maximum Gasteiger partial charge on any atom is 0.161 e. The van der Waals surface area contributed by atoms with Gasteiger partial charge in [-0.3, -0.25) is 4.90 Å². The molecule has 0 bridgehead atoms. The molecule has 2 N–H and O–H groups in total. The monoisotopic (exact) mass is 368 g/mol. The molecule has 0 unspecified atom stereocenters. The second-order valence-electron chi connectivity index (χ2n) is 7.42. The molecule has 0 aliphatic carbocycles. The van der Waals surface area contributed by atoms with Gasteiger partial charge in [-0.25, -0.2) is 0 Å². The first-order valence-corrected chi connectivity index (χ1v) is 9.81. The summed E-state index contributed by atoms with van der Waals surface area (Å²) in [4.78, 5) is 2.44. The number of benzene rings is 2. The van der Waals surface area contributed by atoms with Crippen LogP contribution in [0.25, 0.3) is 0 Å². The van der Waals surface area contributed by atoms with Crippen molar-refractivity contribution in [3.8, 4) is 11.5 Å². The van der Waals surface area contributed by atoms with Crippen molar-refractivity contribution in [2.75, 3.05) is 32.9 Å². The Bertz CT molecular complexity index is 738. The minimum absolute atomic E-state index is 0.212. The van der Waals surface area contributed by atoms with E-state index >= 15 is 0 Å². The summed E-state index contributed by atoms with van der Waals surface area (Å²) < 4.78 is 11.3. The zero-order valence-electron chi connectivity index (χ0n) is 15.6. The van der Waals surface area contributed by atoms with Gasteiger partial charge in [-0.2, -0.15) is 0 Å². The van der Waals surface area contributed by atoms with Crippen LogP contribution in [-0.2, 0) is 13.1 Å². The third-order valence-corrected chi connectivity index (χ3v) is 5.48. The molecule has 0 saturated carbocycles. The highest BCUT2D eigenvalue weighted by molar-refractivity contribution is 5.43. The normalized spacial score (nSPS) is 22.6. The Morgan fingerprint density at radius 3 is 2.63 bits per heavy atom. The van der Waals surface area contributed by atoms with Gasteiger partial charge < -0.3 is 19.9 Å². The first-order chi connectivity index (χ1) is 13.3. The van der Waals surface area contributed by atoms with E-state index in [1.54, 1.807) is 0 Å². The van der Waals surface area contributed by atoms with Gasteiger partial charge in [0.2, 0.25) is 0 Å². The second-order valence-corrected chi connectivity index (χ2v) is 7.42. The number of piperidine rings is 1. The molecular formula is C22H28N2O3. The minimum atomic E-state index is 0.212. The fourth-order valence-electron chi connectivity index (χ4n) is 3.99. The highest BCUT2D eigenvalue weighted by Gasteiger charge is 2.28. The topological polar surface area (TPSA) is 54.0 Å². The van der Waals surface area contributed by atoms with Crippen LogP contribution in [0.3, 0.4) is 0 Å². The van der Waals surface area contributed by atoms with Gasteiger partial charge in [0.15, 0.2) is 11.5 Å². The molecule has 2 aromatic rings. The van der Waals surface area contributed by atoms with Gasteiger partial charge in [0.25, 0.3) is 0 Å². The van der Waals surface area contributed by atoms with E-state index in [2.05, 4.69) is 46.6 Å². The lowest BCUT2D eigenvalue weighted by molar-refractivity contribution is 0.0849. The van der Waals surface area contributed by atoms with Crippen molar-refractivity contribution < 1.29 is 14.6 Å². The molecule has 2 aliphatic rings. The summed E-state index contributed by atoms with van der Waals surface area (Å²) >= 11 is 0. The molecule has 2 heterocycles. The largest absolute Gasteiger partial charge is 0.486 e. The van der Waals surface area contributed by atoms with Crippen LogP contribution in [0.4, 0.5) is 0 Å². The summed E-state index contributed by atoms with van der Waals surface area (Å²) in [5.41, 5.74) is 2.51. The molecule has 2 atom stereocenters. The second kappa shape index (κ2) is 8.74. The van der Waals surface area contributed by atoms with Crippen LogP contribution in [0, 0.1) is 5.92 Å². The van der Waals surface area contributed by atoms with Crippen molar-refractivity contribution in [3.05, 3.63) is 59.7 Å². The predicted octanol–water partition coefficient (Wildman–Crippen LogP) is 2.43. The highest BCUT2D eigenvalue weighted by atomic mass is 16.6. The van der Waals surface area contributed by atoms with Crippen LogP contribution in [0.2, 0.25) is 0 Å². The van der Waals surface area contributed by atoms with E-state index in [1.807, 2.05) is 12.1 Å². The summed E-state index contributed by atoms with van der Waals surface area (Å²) in [6.45, 7) is 5.13.